The van der Waals surface area contributed by atoms with E-state index in [0.717, 1.165) is 67.2 Å². The number of likely N-dealkylation sites (N-methyl/N-ethyl adjacent to an activating group) is 2. The van der Waals surface area contributed by atoms with Crippen molar-refractivity contribution in [2.75, 3.05) is 40.3 Å². The number of carbonyl (C=O) groups is 4. The average molecular weight is 1030 g/mol. The molecule has 0 saturated carbocycles. The van der Waals surface area contributed by atoms with Crippen molar-refractivity contribution in [1.82, 2.24) is 38.7 Å². The van der Waals surface area contributed by atoms with Crippen LogP contribution in [-0.4, -0.2) is 92.1 Å². The molecule has 2 unspecified atom stereocenters. The van der Waals surface area contributed by atoms with E-state index in [4.69, 9.17) is 9.47 Å². The molecule has 16 nitrogen and oxygen atoms in total. The highest BCUT2D eigenvalue weighted by atomic mass is 19.1. The number of nitrogens with one attached hydrogen (secondary N) is 2. The molecular formula is C58H54F2N8O8. The van der Waals surface area contributed by atoms with Gasteiger partial charge < -0.3 is 20.1 Å². The number of benzene rings is 6. The molecule has 4 aliphatic rings. The molecule has 2 fully saturated rings. The van der Waals surface area contributed by atoms with Gasteiger partial charge in [0.05, 0.1) is 22.1 Å². The van der Waals surface area contributed by atoms with Crippen LogP contribution in [0.25, 0.3) is 43.6 Å². The minimum atomic E-state index is -1.79. The Hall–Kier alpha value is -8.22. The number of rotatable bonds is 12. The van der Waals surface area contributed by atoms with Gasteiger partial charge in [0, 0.05) is 87.4 Å². The fraction of sp³-hybridized carbons (Fsp3) is 0.310. The molecule has 0 radical (unpaired) electrons. The summed E-state index contributed by atoms with van der Waals surface area (Å²) in [6.45, 7) is 2.61. The third kappa shape index (κ3) is 8.08. The molecule has 76 heavy (non-hydrogen) atoms. The van der Waals surface area contributed by atoms with E-state index in [2.05, 4.69) is 32.6 Å². The molecule has 0 spiro atoms. The lowest BCUT2D eigenvalue weighted by molar-refractivity contribution is -0.158. The Bertz CT molecular complexity index is 3600. The van der Waals surface area contributed by atoms with Gasteiger partial charge >= 0.3 is 23.3 Å². The number of fused-ring (bicyclic) bond motifs is 2. The summed E-state index contributed by atoms with van der Waals surface area (Å²) in [7, 11) is 2.68. The maximum Gasteiger partial charge on any atom is 0.333 e. The lowest BCUT2D eigenvalue weighted by Gasteiger charge is -2.36. The van der Waals surface area contributed by atoms with Crippen LogP contribution in [0.1, 0.15) is 84.6 Å². The zero-order valence-electron chi connectivity index (χ0n) is 41.8. The van der Waals surface area contributed by atoms with E-state index in [9.17, 15) is 37.5 Å². The number of carbonyl (C=O) groups excluding carboxylic acids is 4. The molecule has 12 rings (SSSR count). The van der Waals surface area contributed by atoms with E-state index < -0.39 is 47.6 Å². The molecule has 2 amide bonds. The van der Waals surface area contributed by atoms with Crippen LogP contribution in [0.15, 0.2) is 131 Å². The molecule has 4 heterocycles. The number of ether oxygens (including phenoxy) is 2. The fourth-order valence-corrected chi connectivity index (χ4v) is 12.7. The minimum absolute atomic E-state index is 0.0651. The van der Waals surface area contributed by atoms with Crippen LogP contribution in [0.4, 0.5) is 8.78 Å². The highest BCUT2D eigenvalue weighted by molar-refractivity contribution is 5.95. The molecule has 6 aromatic carbocycles. The number of halogens is 2. The number of hydrogen-bond acceptors (Lipinski definition) is 10. The monoisotopic (exact) mass is 1030 g/mol. The van der Waals surface area contributed by atoms with Gasteiger partial charge in [-0.15, -0.1) is 0 Å². The summed E-state index contributed by atoms with van der Waals surface area (Å²) in [6, 6.07) is 31.8. The second kappa shape index (κ2) is 19.5. The minimum Gasteiger partial charge on any atom is -0.428 e. The first kappa shape index (κ1) is 48.7. The van der Waals surface area contributed by atoms with Crippen molar-refractivity contribution in [2.24, 2.45) is 0 Å². The molecule has 18 heteroatoms. The average Bonchev–Trinajstić information content (AvgIpc) is 4.29. The maximum absolute atomic E-state index is 14.8. The fourth-order valence-electron chi connectivity index (χ4n) is 12.7. The Labute approximate surface area is 433 Å². The third-order valence-electron chi connectivity index (χ3n) is 16.2. The molecule has 8 aromatic rings. The van der Waals surface area contributed by atoms with Crippen molar-refractivity contribution < 1.29 is 37.4 Å². The smallest absolute Gasteiger partial charge is 0.333 e. The predicted molar refractivity (Wildman–Crippen MR) is 280 cm³/mol. The molecule has 2 aliphatic carbocycles. The van der Waals surface area contributed by atoms with Crippen LogP contribution < -0.4 is 22.0 Å². The first-order valence-electron chi connectivity index (χ1n) is 25.8. The van der Waals surface area contributed by atoms with Gasteiger partial charge in [-0.25, -0.2) is 37.1 Å². The topological polar surface area (TPSA) is 171 Å². The first-order valence-corrected chi connectivity index (χ1v) is 25.8. The highest BCUT2D eigenvalue weighted by Gasteiger charge is 2.38. The molecule has 2 saturated heterocycles. The number of imidazole rings is 2. The Morgan fingerprint density at radius 2 is 0.908 bits per heavy atom. The summed E-state index contributed by atoms with van der Waals surface area (Å²) in [4.78, 5) is 88.3. The Kier molecular flexibility index (Phi) is 12.5. The summed E-state index contributed by atoms with van der Waals surface area (Å²) < 4.78 is 46.4. The van der Waals surface area contributed by atoms with Crippen molar-refractivity contribution in [3.05, 3.63) is 176 Å². The number of aromatic nitrogens is 4. The van der Waals surface area contributed by atoms with Crippen LogP contribution in [0.2, 0.25) is 0 Å². The highest BCUT2D eigenvalue weighted by Crippen LogP contribution is 2.44. The summed E-state index contributed by atoms with van der Waals surface area (Å²) in [5, 5.41) is 8.13. The number of nitrogens with zero attached hydrogens (tertiary/aromatic N) is 6. The van der Waals surface area contributed by atoms with Crippen molar-refractivity contribution in [3.8, 4) is 0 Å². The van der Waals surface area contributed by atoms with Gasteiger partial charge in [-0.2, -0.15) is 0 Å². The molecule has 2 aromatic heterocycles. The normalized spacial score (nSPS) is 19.0. The molecule has 4 atom stereocenters. The van der Waals surface area contributed by atoms with Crippen molar-refractivity contribution >= 4 is 67.4 Å². The van der Waals surface area contributed by atoms with E-state index >= 15 is 0 Å². The van der Waals surface area contributed by atoms with Gasteiger partial charge in [0.2, 0.25) is 0 Å². The van der Waals surface area contributed by atoms with Crippen molar-refractivity contribution in [2.45, 2.75) is 75.1 Å². The number of para-hydroxylation sites is 4. The van der Waals surface area contributed by atoms with Crippen LogP contribution in [-0.2, 0) is 41.5 Å². The largest absolute Gasteiger partial charge is 0.428 e. The van der Waals surface area contributed by atoms with E-state index in [1.165, 1.54) is 26.2 Å². The van der Waals surface area contributed by atoms with E-state index in [1.807, 2.05) is 36.4 Å². The van der Waals surface area contributed by atoms with Crippen LogP contribution in [0, 0.1) is 11.6 Å². The zero-order valence-corrected chi connectivity index (χ0v) is 41.8. The Morgan fingerprint density at radius 3 is 1.29 bits per heavy atom. The number of esters is 2. The second-order valence-corrected chi connectivity index (χ2v) is 20.1. The van der Waals surface area contributed by atoms with E-state index in [0.29, 0.717) is 84.7 Å². The number of hydrogen-bond donors (Lipinski definition) is 2. The van der Waals surface area contributed by atoms with Crippen LogP contribution in [0.5, 0.6) is 0 Å². The first-order chi connectivity index (χ1) is 36.9. The summed E-state index contributed by atoms with van der Waals surface area (Å²) in [5.41, 5.74) is 5.04. The molecule has 2 N–H and O–H groups in total. The molecule has 2 aliphatic heterocycles. The maximum atomic E-state index is 14.8. The zero-order chi connectivity index (χ0) is 52.5. The summed E-state index contributed by atoms with van der Waals surface area (Å²) in [6.07, 6.45) is 1.79. The van der Waals surface area contributed by atoms with Crippen LogP contribution >= 0.6 is 0 Å². The molecule has 388 valence electrons. The SMILES string of the molecule is CNC(=O)[C@@H](OC(=O)/C=C\C(=O)O[C@H](C(=O)NC)n1c(=O)n(C2CCN(C3Cc4ccc(F)c5cccc3c45)CC2)c2ccccc21)n1c(=O)n(C2CCN(C3Cc4ccc(F)c5cccc3c45)CC2)c2ccccc21. The van der Waals surface area contributed by atoms with Gasteiger partial charge in [-0.1, -0.05) is 72.8 Å². The van der Waals surface area contributed by atoms with E-state index in [1.54, 1.807) is 57.7 Å². The van der Waals surface area contributed by atoms with Crippen LogP contribution in [0.3, 0.4) is 0 Å². The van der Waals surface area contributed by atoms with Gasteiger partial charge in [-0.3, -0.25) is 28.5 Å². The standard InChI is InChI=1S/C58H54F2N8O8/c1-61-53(71)55(67-45-15-5-3-13-43(45)65(57(67)73)35-23-27-63(28-24-35)47-31-33-17-19-41(59)37-9-7-11-39(47)51(33)37)75-49(69)21-22-50(70)76-56(54(72)62-2)68-46-16-6-4-14-44(46)66(58(68)74)36-25-29-64(30-26-36)48-32-34-18-20-42(60)38-10-8-12-40(48)52(34)38/h3-22,35-36,47-48,55-56H,23-32H2,1-2H3,(H,61,71)(H,62,72)/b22-21-/t47?,48?,55-,56-/m1/s1. The number of amides is 2. The van der Waals surface area contributed by atoms with Gasteiger partial charge in [0.1, 0.15) is 11.6 Å². The summed E-state index contributed by atoms with van der Waals surface area (Å²) >= 11 is 0. The predicted octanol–water partition coefficient (Wildman–Crippen LogP) is 7.20. The molecule has 0 bridgehead atoms. The van der Waals surface area contributed by atoms with Gasteiger partial charge in [0.15, 0.2) is 0 Å². The second-order valence-electron chi connectivity index (χ2n) is 20.1. The van der Waals surface area contributed by atoms with Gasteiger partial charge in [0.25, 0.3) is 24.3 Å². The van der Waals surface area contributed by atoms with E-state index in [-0.39, 0.29) is 35.8 Å². The van der Waals surface area contributed by atoms with Gasteiger partial charge in [-0.05, 0) is 108 Å². The third-order valence-corrected chi connectivity index (χ3v) is 16.2. The number of likely N-dealkylation sites (tertiary alicyclic amines) is 2. The number of piperidine rings is 2. The lowest BCUT2D eigenvalue weighted by Crippen LogP contribution is -2.42. The summed E-state index contributed by atoms with van der Waals surface area (Å²) in [5.74, 6) is -4.45. The quantitative estimate of drug-likeness (QED) is 0.0942. The Morgan fingerprint density at radius 1 is 0.526 bits per heavy atom. The van der Waals surface area contributed by atoms with Crippen molar-refractivity contribution in [1.29, 1.82) is 0 Å². The lowest BCUT2D eigenvalue weighted by atomic mass is 9.99. The van der Waals surface area contributed by atoms with Crippen molar-refractivity contribution in [3.63, 3.8) is 0 Å². The molecular weight excluding hydrogens is 975 g/mol. The Balaban J connectivity index is 0.748.